The molecular weight excluding hydrogens is 256 g/mol. The first-order chi connectivity index (χ1) is 9.60. The number of fused-ring (bicyclic) bond motifs is 1. The van der Waals surface area contributed by atoms with Crippen LogP contribution in [0.5, 0.6) is 0 Å². The summed E-state index contributed by atoms with van der Waals surface area (Å²) in [6.45, 7) is 3.98. The number of hydrogen-bond donors (Lipinski definition) is 3. The van der Waals surface area contributed by atoms with Gasteiger partial charge in [0.1, 0.15) is 0 Å². The topological polar surface area (TPSA) is 78.4 Å². The Bertz CT molecular complexity index is 514. The SMILES string of the molecule is CCC(CNC(=O)c1ccc2c(c1)CNC2)CC(=O)O. The molecule has 20 heavy (non-hydrogen) atoms. The maximum absolute atomic E-state index is 12.1. The van der Waals surface area contributed by atoms with Crippen LogP contribution in [0.4, 0.5) is 0 Å². The van der Waals surface area contributed by atoms with Gasteiger partial charge in [-0.2, -0.15) is 0 Å². The first-order valence-electron chi connectivity index (χ1n) is 6.92. The van der Waals surface area contributed by atoms with Crippen LogP contribution in [0.15, 0.2) is 18.2 Å². The zero-order chi connectivity index (χ0) is 14.5. The van der Waals surface area contributed by atoms with Gasteiger partial charge in [-0.25, -0.2) is 0 Å². The van der Waals surface area contributed by atoms with Crippen LogP contribution < -0.4 is 10.6 Å². The van der Waals surface area contributed by atoms with Crippen LogP contribution in [0, 0.1) is 5.92 Å². The van der Waals surface area contributed by atoms with Gasteiger partial charge < -0.3 is 15.7 Å². The number of nitrogens with one attached hydrogen (secondary N) is 2. The molecule has 0 saturated carbocycles. The molecule has 5 nitrogen and oxygen atoms in total. The van der Waals surface area contributed by atoms with Crippen LogP contribution in [0.2, 0.25) is 0 Å². The number of amides is 1. The van der Waals surface area contributed by atoms with E-state index in [1.54, 1.807) is 0 Å². The molecule has 1 aliphatic rings. The molecule has 5 heteroatoms. The number of benzene rings is 1. The lowest BCUT2D eigenvalue weighted by molar-refractivity contribution is -0.138. The second kappa shape index (κ2) is 6.52. The Morgan fingerprint density at radius 3 is 2.80 bits per heavy atom. The molecule has 108 valence electrons. The third kappa shape index (κ3) is 3.57. The largest absolute Gasteiger partial charge is 0.481 e. The van der Waals surface area contributed by atoms with E-state index in [1.807, 2.05) is 25.1 Å². The van der Waals surface area contributed by atoms with Crippen LogP contribution >= 0.6 is 0 Å². The summed E-state index contributed by atoms with van der Waals surface area (Å²) in [5, 5.41) is 14.8. The molecule has 2 rings (SSSR count). The Hall–Kier alpha value is -1.88. The molecule has 0 aliphatic carbocycles. The Balaban J connectivity index is 1.93. The van der Waals surface area contributed by atoms with Crippen molar-refractivity contribution in [1.82, 2.24) is 10.6 Å². The third-order valence-corrected chi connectivity index (χ3v) is 3.69. The highest BCUT2D eigenvalue weighted by molar-refractivity contribution is 5.94. The molecule has 1 amide bonds. The number of hydrogen-bond acceptors (Lipinski definition) is 3. The summed E-state index contributed by atoms with van der Waals surface area (Å²) in [4.78, 5) is 22.8. The van der Waals surface area contributed by atoms with Gasteiger partial charge in [0.25, 0.3) is 5.91 Å². The van der Waals surface area contributed by atoms with Crippen LogP contribution in [0.25, 0.3) is 0 Å². The summed E-state index contributed by atoms with van der Waals surface area (Å²) in [5.41, 5.74) is 3.03. The number of rotatable bonds is 6. The number of carboxylic acid groups (broad SMARTS) is 1. The molecule has 3 N–H and O–H groups in total. The molecule has 1 heterocycles. The van der Waals surface area contributed by atoms with E-state index >= 15 is 0 Å². The van der Waals surface area contributed by atoms with Gasteiger partial charge >= 0.3 is 5.97 Å². The van der Waals surface area contributed by atoms with E-state index in [9.17, 15) is 9.59 Å². The minimum absolute atomic E-state index is 0.0208. The zero-order valence-corrected chi connectivity index (χ0v) is 11.6. The van der Waals surface area contributed by atoms with Crippen molar-refractivity contribution >= 4 is 11.9 Å². The Morgan fingerprint density at radius 2 is 2.10 bits per heavy atom. The fourth-order valence-electron chi connectivity index (χ4n) is 2.38. The van der Waals surface area contributed by atoms with E-state index < -0.39 is 5.97 Å². The lowest BCUT2D eigenvalue weighted by Gasteiger charge is -2.13. The third-order valence-electron chi connectivity index (χ3n) is 3.69. The molecule has 0 saturated heterocycles. The second-order valence-electron chi connectivity index (χ2n) is 5.17. The average Bonchev–Trinajstić information content (AvgIpc) is 2.89. The molecule has 1 aromatic carbocycles. The summed E-state index contributed by atoms with van der Waals surface area (Å²) in [5.74, 6) is -0.981. The van der Waals surface area contributed by atoms with Crippen molar-refractivity contribution in [3.8, 4) is 0 Å². The van der Waals surface area contributed by atoms with Crippen molar-refractivity contribution in [3.63, 3.8) is 0 Å². The standard InChI is InChI=1S/C15H20N2O3/c1-2-10(5-14(18)19)7-17-15(20)11-3-4-12-8-16-9-13(12)6-11/h3-4,6,10,16H,2,5,7-9H2,1H3,(H,17,20)(H,18,19). The first kappa shape index (κ1) is 14.5. The van der Waals surface area contributed by atoms with Gasteiger partial charge in [0.15, 0.2) is 0 Å². The van der Waals surface area contributed by atoms with Gasteiger partial charge in [0, 0.05) is 31.6 Å². The van der Waals surface area contributed by atoms with Crippen LogP contribution in [-0.4, -0.2) is 23.5 Å². The summed E-state index contributed by atoms with van der Waals surface area (Å²) in [6.07, 6.45) is 0.825. The molecule has 0 bridgehead atoms. The molecule has 1 aliphatic heterocycles. The maximum atomic E-state index is 12.1. The highest BCUT2D eigenvalue weighted by Gasteiger charge is 2.15. The number of carbonyl (C=O) groups excluding carboxylic acids is 1. The van der Waals surface area contributed by atoms with Crippen molar-refractivity contribution in [2.24, 2.45) is 5.92 Å². The monoisotopic (exact) mass is 276 g/mol. The Morgan fingerprint density at radius 1 is 1.35 bits per heavy atom. The first-order valence-corrected chi connectivity index (χ1v) is 6.92. The quantitative estimate of drug-likeness (QED) is 0.736. The second-order valence-corrected chi connectivity index (χ2v) is 5.17. The van der Waals surface area contributed by atoms with E-state index in [-0.39, 0.29) is 18.2 Å². The normalized spacial score (nSPS) is 14.7. The summed E-state index contributed by atoms with van der Waals surface area (Å²) in [7, 11) is 0. The van der Waals surface area contributed by atoms with Crippen molar-refractivity contribution in [3.05, 3.63) is 34.9 Å². The van der Waals surface area contributed by atoms with Gasteiger partial charge in [-0.05, 0) is 29.2 Å². The maximum Gasteiger partial charge on any atom is 0.303 e. The number of carboxylic acids is 1. The van der Waals surface area contributed by atoms with Gasteiger partial charge in [-0.15, -0.1) is 0 Å². The van der Waals surface area contributed by atoms with Gasteiger partial charge in [0.2, 0.25) is 0 Å². The van der Waals surface area contributed by atoms with E-state index in [4.69, 9.17) is 5.11 Å². The van der Waals surface area contributed by atoms with Crippen LogP contribution in [0.1, 0.15) is 41.3 Å². The van der Waals surface area contributed by atoms with Crippen LogP contribution in [-0.2, 0) is 17.9 Å². The van der Waals surface area contributed by atoms with E-state index in [0.717, 1.165) is 25.1 Å². The Kier molecular flexibility index (Phi) is 4.74. The fourth-order valence-corrected chi connectivity index (χ4v) is 2.38. The molecule has 0 fully saturated rings. The minimum atomic E-state index is -0.824. The summed E-state index contributed by atoms with van der Waals surface area (Å²) >= 11 is 0. The molecule has 0 aromatic heterocycles. The van der Waals surface area contributed by atoms with Crippen molar-refractivity contribution < 1.29 is 14.7 Å². The van der Waals surface area contributed by atoms with Crippen molar-refractivity contribution in [1.29, 1.82) is 0 Å². The highest BCUT2D eigenvalue weighted by Crippen LogP contribution is 2.17. The fraction of sp³-hybridized carbons (Fsp3) is 0.467. The van der Waals surface area contributed by atoms with Gasteiger partial charge in [-0.3, -0.25) is 9.59 Å². The van der Waals surface area contributed by atoms with E-state index in [0.29, 0.717) is 12.1 Å². The number of aliphatic carboxylic acids is 1. The molecule has 1 atom stereocenters. The molecule has 0 spiro atoms. The lowest BCUT2D eigenvalue weighted by atomic mass is 10.0. The van der Waals surface area contributed by atoms with Crippen LogP contribution in [0.3, 0.4) is 0 Å². The zero-order valence-electron chi connectivity index (χ0n) is 11.6. The van der Waals surface area contributed by atoms with E-state index in [1.165, 1.54) is 5.56 Å². The highest BCUT2D eigenvalue weighted by atomic mass is 16.4. The molecule has 1 aromatic rings. The average molecular weight is 276 g/mol. The van der Waals surface area contributed by atoms with E-state index in [2.05, 4.69) is 10.6 Å². The smallest absolute Gasteiger partial charge is 0.303 e. The van der Waals surface area contributed by atoms with Crippen molar-refractivity contribution in [2.75, 3.05) is 6.54 Å². The minimum Gasteiger partial charge on any atom is -0.481 e. The molecule has 0 radical (unpaired) electrons. The lowest BCUT2D eigenvalue weighted by Crippen LogP contribution is -2.30. The van der Waals surface area contributed by atoms with Gasteiger partial charge in [-0.1, -0.05) is 19.4 Å². The Labute approximate surface area is 118 Å². The van der Waals surface area contributed by atoms with Crippen molar-refractivity contribution in [2.45, 2.75) is 32.9 Å². The predicted molar refractivity (Wildman–Crippen MR) is 75.4 cm³/mol. The summed E-state index contributed by atoms with van der Waals surface area (Å²) in [6, 6.07) is 5.70. The molecular formula is C15H20N2O3. The molecule has 1 unspecified atom stereocenters. The summed E-state index contributed by atoms with van der Waals surface area (Å²) < 4.78 is 0. The predicted octanol–water partition coefficient (Wildman–Crippen LogP) is 1.52. The van der Waals surface area contributed by atoms with Gasteiger partial charge in [0.05, 0.1) is 0 Å². The number of carbonyl (C=O) groups is 2.